The highest BCUT2D eigenvalue weighted by molar-refractivity contribution is 5.83. The maximum absolute atomic E-state index is 12.2. The predicted octanol–water partition coefficient (Wildman–Crippen LogP) is 1.18. The maximum Gasteiger partial charge on any atom is 0.326 e. The van der Waals surface area contributed by atoms with Gasteiger partial charge in [-0.05, 0) is 24.5 Å². The van der Waals surface area contributed by atoms with Crippen molar-refractivity contribution in [2.75, 3.05) is 13.6 Å². The van der Waals surface area contributed by atoms with Gasteiger partial charge >= 0.3 is 12.0 Å². The monoisotopic (exact) mass is 263 g/mol. The van der Waals surface area contributed by atoms with Crippen LogP contribution in [0.25, 0.3) is 0 Å². The number of likely N-dealkylation sites (tertiary alicyclic amines) is 1. The van der Waals surface area contributed by atoms with Gasteiger partial charge in [0.15, 0.2) is 0 Å². The van der Waals surface area contributed by atoms with E-state index in [0.717, 1.165) is 12.0 Å². The molecule has 1 aliphatic rings. The molecule has 1 N–H and O–H groups in total. The number of carboxylic acid groups (broad SMARTS) is 1. The molecule has 2 heterocycles. The molecule has 0 radical (unpaired) electrons. The topological polar surface area (TPSA) is 73.7 Å². The van der Waals surface area contributed by atoms with E-state index in [1.54, 1.807) is 19.4 Å². The van der Waals surface area contributed by atoms with Crippen LogP contribution < -0.4 is 0 Å². The highest BCUT2D eigenvalue weighted by Gasteiger charge is 2.35. The quantitative estimate of drug-likeness (QED) is 0.888. The van der Waals surface area contributed by atoms with Crippen LogP contribution in [0.4, 0.5) is 4.79 Å². The van der Waals surface area contributed by atoms with Crippen LogP contribution in [-0.4, -0.2) is 51.5 Å². The maximum atomic E-state index is 12.2. The Balaban J connectivity index is 2.01. The molecule has 0 bridgehead atoms. The number of urea groups is 1. The average molecular weight is 263 g/mol. The largest absolute Gasteiger partial charge is 0.480 e. The zero-order valence-electron chi connectivity index (χ0n) is 10.8. The van der Waals surface area contributed by atoms with E-state index in [-0.39, 0.29) is 6.03 Å². The smallest absolute Gasteiger partial charge is 0.326 e. The number of pyridine rings is 1. The normalized spacial score (nSPS) is 18.4. The molecule has 1 saturated heterocycles. The molecule has 6 heteroatoms. The van der Waals surface area contributed by atoms with Crippen molar-refractivity contribution in [1.29, 1.82) is 0 Å². The van der Waals surface area contributed by atoms with Gasteiger partial charge in [-0.25, -0.2) is 9.59 Å². The van der Waals surface area contributed by atoms with Crippen LogP contribution in [0, 0.1) is 0 Å². The van der Waals surface area contributed by atoms with Crippen molar-refractivity contribution < 1.29 is 14.7 Å². The minimum absolute atomic E-state index is 0.242. The number of aliphatic carboxylic acids is 1. The Labute approximate surface area is 111 Å². The number of amides is 2. The van der Waals surface area contributed by atoms with Gasteiger partial charge in [0.05, 0.1) is 0 Å². The first-order chi connectivity index (χ1) is 9.09. The molecule has 1 aliphatic heterocycles. The molecule has 1 aromatic rings. The van der Waals surface area contributed by atoms with Crippen molar-refractivity contribution in [2.45, 2.75) is 25.4 Å². The average Bonchev–Trinajstić information content (AvgIpc) is 2.88. The summed E-state index contributed by atoms with van der Waals surface area (Å²) in [5, 5.41) is 9.08. The predicted molar refractivity (Wildman–Crippen MR) is 68.5 cm³/mol. The Bertz CT molecular complexity index is 463. The molecule has 102 valence electrons. The van der Waals surface area contributed by atoms with Crippen molar-refractivity contribution in [3.05, 3.63) is 30.1 Å². The molecule has 0 aromatic carbocycles. The van der Waals surface area contributed by atoms with E-state index >= 15 is 0 Å². The third kappa shape index (κ3) is 3.01. The molecule has 0 aliphatic carbocycles. The molecule has 19 heavy (non-hydrogen) atoms. The summed E-state index contributed by atoms with van der Waals surface area (Å²) in [6.45, 7) is 0.933. The molecule has 1 fully saturated rings. The fourth-order valence-electron chi connectivity index (χ4n) is 2.30. The van der Waals surface area contributed by atoms with E-state index in [0.29, 0.717) is 19.5 Å². The van der Waals surface area contributed by atoms with E-state index < -0.39 is 12.0 Å². The minimum atomic E-state index is -0.930. The van der Waals surface area contributed by atoms with Crippen molar-refractivity contribution in [2.24, 2.45) is 0 Å². The van der Waals surface area contributed by atoms with Gasteiger partial charge in [0.2, 0.25) is 0 Å². The third-order valence-electron chi connectivity index (χ3n) is 3.25. The van der Waals surface area contributed by atoms with Gasteiger partial charge in [-0.2, -0.15) is 0 Å². The van der Waals surface area contributed by atoms with Crippen LogP contribution in [0.3, 0.4) is 0 Å². The summed E-state index contributed by atoms with van der Waals surface area (Å²) in [5.74, 6) is -0.930. The van der Waals surface area contributed by atoms with Gasteiger partial charge in [0, 0.05) is 32.5 Å². The number of nitrogens with zero attached hydrogens (tertiary/aromatic N) is 3. The van der Waals surface area contributed by atoms with Crippen LogP contribution in [-0.2, 0) is 11.3 Å². The van der Waals surface area contributed by atoms with E-state index in [2.05, 4.69) is 4.98 Å². The summed E-state index contributed by atoms with van der Waals surface area (Å²) in [6.07, 6.45) is 4.64. The Morgan fingerprint density at radius 1 is 1.58 bits per heavy atom. The van der Waals surface area contributed by atoms with Crippen LogP contribution >= 0.6 is 0 Å². The summed E-state index contributed by atoms with van der Waals surface area (Å²) in [5.41, 5.74) is 0.921. The van der Waals surface area contributed by atoms with Gasteiger partial charge in [0.1, 0.15) is 6.04 Å². The number of carbonyl (C=O) groups excluding carboxylic acids is 1. The lowest BCUT2D eigenvalue weighted by Gasteiger charge is -2.27. The summed E-state index contributed by atoms with van der Waals surface area (Å²) in [7, 11) is 1.67. The first-order valence-corrected chi connectivity index (χ1v) is 6.23. The fraction of sp³-hybridized carbons (Fsp3) is 0.462. The number of rotatable bonds is 3. The number of hydrogen-bond acceptors (Lipinski definition) is 3. The molecular weight excluding hydrogens is 246 g/mol. The Morgan fingerprint density at radius 2 is 2.37 bits per heavy atom. The van der Waals surface area contributed by atoms with E-state index in [1.807, 2.05) is 12.1 Å². The summed E-state index contributed by atoms with van der Waals surface area (Å²) >= 11 is 0. The van der Waals surface area contributed by atoms with Crippen molar-refractivity contribution in [3.8, 4) is 0 Å². The summed E-state index contributed by atoms with van der Waals surface area (Å²) < 4.78 is 0. The fourth-order valence-corrected chi connectivity index (χ4v) is 2.30. The minimum Gasteiger partial charge on any atom is -0.480 e. The standard InChI is InChI=1S/C13H17N3O3/c1-15(9-10-4-2-6-14-8-10)13(19)16-7-3-5-11(16)12(17)18/h2,4,6,8,11H,3,5,7,9H2,1H3,(H,17,18)/t11-/m1/s1. The van der Waals surface area contributed by atoms with Gasteiger partial charge in [0.25, 0.3) is 0 Å². The second kappa shape index (κ2) is 5.69. The van der Waals surface area contributed by atoms with Crippen LogP contribution in [0.1, 0.15) is 18.4 Å². The van der Waals surface area contributed by atoms with Crippen LogP contribution in [0.2, 0.25) is 0 Å². The molecule has 2 rings (SSSR count). The van der Waals surface area contributed by atoms with Crippen molar-refractivity contribution in [1.82, 2.24) is 14.8 Å². The van der Waals surface area contributed by atoms with Gasteiger partial charge < -0.3 is 14.9 Å². The number of carbonyl (C=O) groups is 2. The zero-order valence-corrected chi connectivity index (χ0v) is 10.8. The Morgan fingerprint density at radius 3 is 3.00 bits per heavy atom. The first kappa shape index (κ1) is 13.3. The van der Waals surface area contributed by atoms with Gasteiger partial charge in [-0.1, -0.05) is 6.07 Å². The molecule has 6 nitrogen and oxygen atoms in total. The number of hydrogen-bond donors (Lipinski definition) is 1. The number of carboxylic acids is 1. The molecule has 2 amide bonds. The molecular formula is C13H17N3O3. The van der Waals surface area contributed by atoms with Crippen LogP contribution in [0.15, 0.2) is 24.5 Å². The lowest BCUT2D eigenvalue weighted by Crippen LogP contribution is -2.46. The molecule has 0 spiro atoms. The third-order valence-corrected chi connectivity index (χ3v) is 3.25. The van der Waals surface area contributed by atoms with E-state index in [4.69, 9.17) is 5.11 Å². The molecule has 0 saturated carbocycles. The van der Waals surface area contributed by atoms with E-state index in [9.17, 15) is 9.59 Å². The van der Waals surface area contributed by atoms with Crippen molar-refractivity contribution in [3.63, 3.8) is 0 Å². The lowest BCUT2D eigenvalue weighted by atomic mass is 10.2. The molecule has 1 aromatic heterocycles. The first-order valence-electron chi connectivity index (χ1n) is 6.23. The SMILES string of the molecule is CN(Cc1cccnc1)C(=O)N1CCC[C@@H]1C(=O)O. The second-order valence-corrected chi connectivity index (χ2v) is 4.69. The number of aromatic nitrogens is 1. The summed E-state index contributed by atoms with van der Waals surface area (Å²) in [6, 6.07) is 2.76. The van der Waals surface area contributed by atoms with E-state index in [1.165, 1.54) is 9.80 Å². The zero-order chi connectivity index (χ0) is 13.8. The van der Waals surface area contributed by atoms with Gasteiger partial charge in [-0.3, -0.25) is 4.98 Å². The highest BCUT2D eigenvalue weighted by Crippen LogP contribution is 2.19. The highest BCUT2D eigenvalue weighted by atomic mass is 16.4. The lowest BCUT2D eigenvalue weighted by molar-refractivity contribution is -0.141. The second-order valence-electron chi connectivity index (χ2n) is 4.69. The van der Waals surface area contributed by atoms with Gasteiger partial charge in [-0.15, -0.1) is 0 Å². The molecule has 0 unspecified atom stereocenters. The molecule has 1 atom stereocenters. The van der Waals surface area contributed by atoms with Crippen molar-refractivity contribution >= 4 is 12.0 Å². The Hall–Kier alpha value is -2.11. The Kier molecular flexibility index (Phi) is 3.99. The van der Waals surface area contributed by atoms with Crippen LogP contribution in [0.5, 0.6) is 0 Å². The summed E-state index contributed by atoms with van der Waals surface area (Å²) in [4.78, 5) is 30.3.